The lowest BCUT2D eigenvalue weighted by molar-refractivity contribution is -0.135. The first-order chi connectivity index (χ1) is 28.2. The fourth-order valence-electron chi connectivity index (χ4n) is 10.2. The molecule has 9 rings (SSSR count). The molecule has 1 N–H and O–H groups in total. The first-order valence-corrected chi connectivity index (χ1v) is 19.3. The summed E-state index contributed by atoms with van der Waals surface area (Å²) in [6.07, 6.45) is 3.75. The predicted octanol–water partition coefficient (Wildman–Crippen LogP) is 7.67. The molecular formula is C49H39NO8. The Morgan fingerprint density at radius 3 is 1.93 bits per heavy atom. The minimum atomic E-state index is -1.52. The number of imide groups is 1. The molecular weight excluding hydrogens is 731 g/mol. The van der Waals surface area contributed by atoms with Crippen molar-refractivity contribution in [2.24, 2.45) is 23.7 Å². The Morgan fingerprint density at radius 2 is 1.31 bits per heavy atom. The zero-order valence-electron chi connectivity index (χ0n) is 31.8. The van der Waals surface area contributed by atoms with Crippen molar-refractivity contribution in [3.8, 4) is 17.2 Å². The van der Waals surface area contributed by atoms with Crippen LogP contribution in [0.2, 0.25) is 0 Å². The summed E-state index contributed by atoms with van der Waals surface area (Å²) in [4.78, 5) is 74.4. The van der Waals surface area contributed by atoms with Crippen LogP contribution in [0.4, 0.5) is 5.69 Å². The number of Topliss-reactive ketones (excluding diaryl/α,β-unsaturated/α-hetero) is 1. The average Bonchev–Trinajstić information content (AvgIpc) is 3.53. The number of hydrogen-bond donors (Lipinski definition) is 1. The SMILES string of the molecule is COc1cc(O)cc(OC)c1[C@H]1C2=CC[C@@H]3C(=O)N(c4ccc(C(=O)c5ccccc5)cc4)C(=O)[C@@H]3[C@@H]2C[C@H]2C(=O)C(c3ccccc3)=CC(=O)[C@@]12c1ccccc1. The van der Waals surface area contributed by atoms with E-state index in [0.29, 0.717) is 33.5 Å². The van der Waals surface area contributed by atoms with Gasteiger partial charge in [-0.3, -0.25) is 28.9 Å². The molecule has 6 atom stereocenters. The van der Waals surface area contributed by atoms with E-state index < -0.39 is 40.9 Å². The number of carbonyl (C=O) groups is 5. The van der Waals surface area contributed by atoms with E-state index in [-0.39, 0.29) is 58.9 Å². The van der Waals surface area contributed by atoms with E-state index in [9.17, 15) is 19.5 Å². The van der Waals surface area contributed by atoms with Crippen LogP contribution in [0.15, 0.2) is 145 Å². The van der Waals surface area contributed by atoms with E-state index >= 15 is 9.59 Å². The number of fused-ring (bicyclic) bond motifs is 4. The standard InChI is InChI=1S/C49H39NO8/c1-57-39-24-33(51)25-40(58-2)43(39)44-34-22-23-35-42(48(56)50(47(35)55)32-20-18-30(19-21-32)45(53)29-14-8-4-9-15-29)37(34)26-38-46(54)36(28-12-6-3-7-13-28)27-41(52)49(38,44)31-16-10-5-11-17-31/h3-22,24-25,27,35,37-38,42,44,51H,23,26H2,1-2H3/t35-,37+,38-,42-,44+,49-/m0/s1. The van der Waals surface area contributed by atoms with Crippen molar-refractivity contribution in [3.05, 3.63) is 173 Å². The van der Waals surface area contributed by atoms with Crippen LogP contribution in [0.1, 0.15) is 51.4 Å². The van der Waals surface area contributed by atoms with Gasteiger partial charge in [-0.25, -0.2) is 0 Å². The number of aromatic hydroxyl groups is 1. The molecule has 0 spiro atoms. The Labute approximate surface area is 335 Å². The maximum atomic E-state index is 15.4. The maximum Gasteiger partial charge on any atom is 0.238 e. The van der Waals surface area contributed by atoms with Gasteiger partial charge in [-0.05, 0) is 60.2 Å². The van der Waals surface area contributed by atoms with Gasteiger partial charge in [0, 0.05) is 46.2 Å². The normalized spacial score (nSPS) is 24.9. The molecule has 5 aromatic rings. The number of allylic oxidation sites excluding steroid dienone is 4. The van der Waals surface area contributed by atoms with Crippen LogP contribution in [0.5, 0.6) is 17.2 Å². The Balaban J connectivity index is 1.21. The van der Waals surface area contributed by atoms with Crippen molar-refractivity contribution in [2.75, 3.05) is 19.1 Å². The summed E-state index contributed by atoms with van der Waals surface area (Å²) in [5.74, 6) is -5.19. The van der Waals surface area contributed by atoms with E-state index in [4.69, 9.17) is 9.47 Å². The van der Waals surface area contributed by atoms with Crippen molar-refractivity contribution in [1.29, 1.82) is 0 Å². The lowest BCUT2D eigenvalue weighted by atomic mass is 9.44. The van der Waals surface area contributed by atoms with Crippen molar-refractivity contribution in [1.82, 2.24) is 0 Å². The third-order valence-corrected chi connectivity index (χ3v) is 12.6. The van der Waals surface area contributed by atoms with Crippen LogP contribution in [0, 0.1) is 23.7 Å². The summed E-state index contributed by atoms with van der Waals surface area (Å²) in [7, 11) is 2.93. The Morgan fingerprint density at radius 1 is 0.724 bits per heavy atom. The molecule has 9 nitrogen and oxygen atoms in total. The van der Waals surface area contributed by atoms with Crippen LogP contribution in [-0.2, 0) is 24.6 Å². The number of ether oxygens (including phenoxy) is 2. The van der Waals surface area contributed by atoms with Gasteiger partial charge >= 0.3 is 0 Å². The predicted molar refractivity (Wildman–Crippen MR) is 217 cm³/mol. The first kappa shape index (κ1) is 36.7. The second-order valence-electron chi connectivity index (χ2n) is 15.3. The molecule has 0 aromatic heterocycles. The molecule has 9 heteroatoms. The summed E-state index contributed by atoms with van der Waals surface area (Å²) >= 11 is 0. The van der Waals surface area contributed by atoms with Crippen LogP contribution in [0.3, 0.4) is 0 Å². The van der Waals surface area contributed by atoms with Gasteiger partial charge in [0.2, 0.25) is 11.8 Å². The summed E-state index contributed by atoms with van der Waals surface area (Å²) in [5, 5.41) is 10.8. The number of ketones is 3. The summed E-state index contributed by atoms with van der Waals surface area (Å²) in [5.41, 5.74) is 2.46. The second kappa shape index (κ2) is 14.3. The van der Waals surface area contributed by atoms with Crippen molar-refractivity contribution in [3.63, 3.8) is 0 Å². The highest BCUT2D eigenvalue weighted by Crippen LogP contribution is 2.65. The van der Waals surface area contributed by atoms with E-state index in [1.54, 1.807) is 60.7 Å². The molecule has 0 bridgehead atoms. The van der Waals surface area contributed by atoms with Gasteiger partial charge in [0.15, 0.2) is 17.3 Å². The number of anilines is 1. The van der Waals surface area contributed by atoms with Crippen LogP contribution < -0.4 is 14.4 Å². The molecule has 4 aliphatic rings. The number of phenolic OH excluding ortho intramolecular Hbond substituents is 1. The number of hydrogen-bond acceptors (Lipinski definition) is 8. The monoisotopic (exact) mass is 769 g/mol. The molecule has 1 heterocycles. The molecule has 58 heavy (non-hydrogen) atoms. The highest BCUT2D eigenvalue weighted by Gasteiger charge is 2.66. The van der Waals surface area contributed by atoms with Gasteiger partial charge in [-0.2, -0.15) is 0 Å². The highest BCUT2D eigenvalue weighted by atomic mass is 16.5. The lowest BCUT2D eigenvalue weighted by Gasteiger charge is -2.55. The van der Waals surface area contributed by atoms with Crippen LogP contribution >= 0.6 is 0 Å². The fraction of sp³-hybridized carbons (Fsp3) is 0.204. The topological polar surface area (TPSA) is 127 Å². The number of benzene rings is 5. The Hall–Kier alpha value is -6.87. The summed E-state index contributed by atoms with van der Waals surface area (Å²) < 4.78 is 11.9. The number of rotatable bonds is 8. The Kier molecular flexibility index (Phi) is 9.03. The Bertz CT molecular complexity index is 2540. The highest BCUT2D eigenvalue weighted by molar-refractivity contribution is 6.32. The summed E-state index contributed by atoms with van der Waals surface area (Å²) in [6.45, 7) is 0. The van der Waals surface area contributed by atoms with Gasteiger partial charge in [0.1, 0.15) is 17.2 Å². The number of phenols is 1. The van der Waals surface area contributed by atoms with Crippen LogP contribution in [0.25, 0.3) is 5.57 Å². The third-order valence-electron chi connectivity index (χ3n) is 12.6. The molecule has 0 unspecified atom stereocenters. The van der Waals surface area contributed by atoms with E-state index in [1.165, 1.54) is 37.3 Å². The first-order valence-electron chi connectivity index (χ1n) is 19.3. The molecule has 2 fully saturated rings. The second-order valence-corrected chi connectivity index (χ2v) is 15.3. The zero-order valence-corrected chi connectivity index (χ0v) is 31.8. The van der Waals surface area contributed by atoms with E-state index in [1.807, 2.05) is 60.7 Å². The molecule has 1 aliphatic heterocycles. The van der Waals surface area contributed by atoms with Gasteiger partial charge in [0.05, 0.1) is 37.2 Å². The molecule has 1 saturated heterocycles. The molecule has 0 radical (unpaired) electrons. The number of nitrogens with zero attached hydrogens (tertiary/aromatic N) is 1. The minimum Gasteiger partial charge on any atom is -0.508 e. The number of carbonyl (C=O) groups excluding carboxylic acids is 5. The van der Waals surface area contributed by atoms with Crippen molar-refractivity contribution >= 4 is 40.4 Å². The average molecular weight is 770 g/mol. The quantitative estimate of drug-likeness (QED) is 0.0969. The molecule has 1 saturated carbocycles. The number of amides is 2. The fourth-order valence-corrected chi connectivity index (χ4v) is 10.2. The minimum absolute atomic E-state index is 0.117. The van der Waals surface area contributed by atoms with Crippen molar-refractivity contribution < 1.29 is 38.6 Å². The van der Waals surface area contributed by atoms with Crippen LogP contribution in [-0.4, -0.2) is 48.5 Å². The number of methoxy groups -OCH3 is 2. The van der Waals surface area contributed by atoms with Gasteiger partial charge in [0.25, 0.3) is 0 Å². The molecule has 3 aliphatic carbocycles. The van der Waals surface area contributed by atoms with Gasteiger partial charge < -0.3 is 14.6 Å². The third kappa shape index (κ3) is 5.48. The van der Waals surface area contributed by atoms with Gasteiger partial charge in [-0.1, -0.05) is 103 Å². The van der Waals surface area contributed by atoms with Gasteiger partial charge in [-0.15, -0.1) is 0 Å². The summed E-state index contributed by atoms with van der Waals surface area (Å²) in [6, 6.07) is 36.6. The lowest BCUT2D eigenvalue weighted by Crippen LogP contribution is -2.59. The molecule has 288 valence electrons. The molecule has 5 aromatic carbocycles. The maximum absolute atomic E-state index is 15.4. The smallest absolute Gasteiger partial charge is 0.238 e. The van der Waals surface area contributed by atoms with E-state index in [0.717, 1.165) is 5.57 Å². The van der Waals surface area contributed by atoms with Crippen molar-refractivity contribution in [2.45, 2.75) is 24.2 Å². The van der Waals surface area contributed by atoms with E-state index in [2.05, 4.69) is 0 Å². The zero-order chi connectivity index (χ0) is 40.3. The molecule has 2 amide bonds. The largest absolute Gasteiger partial charge is 0.508 e.